The summed E-state index contributed by atoms with van der Waals surface area (Å²) < 4.78 is 13.3. The van der Waals surface area contributed by atoms with Gasteiger partial charge in [-0.05, 0) is 30.3 Å². The van der Waals surface area contributed by atoms with Gasteiger partial charge in [0.15, 0.2) is 0 Å². The zero-order chi connectivity index (χ0) is 13.0. The number of nitrogens with two attached hydrogens (primary N) is 1. The number of rotatable bonds is 3. The van der Waals surface area contributed by atoms with Crippen LogP contribution in [0.1, 0.15) is 15.9 Å². The van der Waals surface area contributed by atoms with E-state index in [1.54, 1.807) is 42.5 Å². The van der Waals surface area contributed by atoms with Crippen molar-refractivity contribution in [1.82, 2.24) is 5.32 Å². The van der Waals surface area contributed by atoms with E-state index in [1.807, 2.05) is 0 Å². The summed E-state index contributed by atoms with van der Waals surface area (Å²) in [5, 5.41) is 2.66. The summed E-state index contributed by atoms with van der Waals surface area (Å²) in [7, 11) is 0. The van der Waals surface area contributed by atoms with Crippen LogP contribution in [0.15, 0.2) is 48.5 Å². The molecular weight excluding hydrogens is 231 g/mol. The maximum Gasteiger partial charge on any atom is 0.251 e. The maximum absolute atomic E-state index is 13.3. The van der Waals surface area contributed by atoms with Crippen LogP contribution >= 0.6 is 0 Å². The minimum absolute atomic E-state index is 0.163. The van der Waals surface area contributed by atoms with Crippen LogP contribution < -0.4 is 11.1 Å². The summed E-state index contributed by atoms with van der Waals surface area (Å²) in [5.41, 5.74) is 7.09. The molecule has 0 unspecified atom stereocenters. The molecule has 0 spiro atoms. The molecule has 3 N–H and O–H groups in total. The quantitative estimate of drug-likeness (QED) is 0.814. The summed E-state index contributed by atoms with van der Waals surface area (Å²) >= 11 is 0. The monoisotopic (exact) mass is 244 g/mol. The minimum atomic E-state index is -0.324. The molecule has 0 saturated carbocycles. The second-order valence-corrected chi connectivity index (χ2v) is 3.90. The summed E-state index contributed by atoms with van der Waals surface area (Å²) in [4.78, 5) is 11.8. The summed E-state index contributed by atoms with van der Waals surface area (Å²) in [6, 6.07) is 12.9. The molecular formula is C14H13FN2O. The molecule has 4 heteroatoms. The molecule has 2 aromatic rings. The third kappa shape index (κ3) is 2.85. The van der Waals surface area contributed by atoms with Gasteiger partial charge < -0.3 is 11.1 Å². The van der Waals surface area contributed by atoms with Gasteiger partial charge in [0.25, 0.3) is 5.91 Å². The number of nitrogen functional groups attached to an aromatic ring is 1. The van der Waals surface area contributed by atoms with Crippen LogP contribution in [-0.4, -0.2) is 5.91 Å². The van der Waals surface area contributed by atoms with Crippen molar-refractivity contribution in [3.05, 3.63) is 65.5 Å². The standard InChI is InChI=1S/C14H13FN2O/c15-13-4-2-1-3-11(13)9-17-14(18)10-5-7-12(16)8-6-10/h1-8H,9,16H2,(H,17,18). The van der Waals surface area contributed by atoms with Crippen molar-refractivity contribution in [2.75, 3.05) is 5.73 Å². The van der Waals surface area contributed by atoms with E-state index in [1.165, 1.54) is 6.07 Å². The Kier molecular flexibility index (Phi) is 3.57. The van der Waals surface area contributed by atoms with Gasteiger partial charge in [-0.3, -0.25) is 4.79 Å². The average Bonchev–Trinajstić information content (AvgIpc) is 2.38. The lowest BCUT2D eigenvalue weighted by molar-refractivity contribution is 0.0950. The molecule has 0 saturated heterocycles. The van der Waals surface area contributed by atoms with Gasteiger partial charge in [0.05, 0.1) is 0 Å². The zero-order valence-corrected chi connectivity index (χ0v) is 9.69. The molecule has 0 aliphatic rings. The van der Waals surface area contributed by atoms with Gasteiger partial charge in [-0.2, -0.15) is 0 Å². The van der Waals surface area contributed by atoms with Crippen molar-refractivity contribution in [3.8, 4) is 0 Å². The smallest absolute Gasteiger partial charge is 0.251 e. The second-order valence-electron chi connectivity index (χ2n) is 3.90. The summed E-state index contributed by atoms with van der Waals surface area (Å²) in [6.45, 7) is 0.163. The van der Waals surface area contributed by atoms with Crippen LogP contribution in [-0.2, 0) is 6.54 Å². The van der Waals surface area contributed by atoms with Gasteiger partial charge in [0, 0.05) is 23.4 Å². The molecule has 1 amide bonds. The molecule has 2 aromatic carbocycles. The zero-order valence-electron chi connectivity index (χ0n) is 9.69. The Morgan fingerprint density at radius 2 is 1.78 bits per heavy atom. The van der Waals surface area contributed by atoms with Gasteiger partial charge in [-0.1, -0.05) is 18.2 Å². The van der Waals surface area contributed by atoms with Crippen LogP contribution in [0.25, 0.3) is 0 Å². The van der Waals surface area contributed by atoms with Crippen LogP contribution in [0.5, 0.6) is 0 Å². The molecule has 2 rings (SSSR count). The predicted molar refractivity (Wildman–Crippen MR) is 68.4 cm³/mol. The molecule has 0 atom stereocenters. The first-order chi connectivity index (χ1) is 8.66. The minimum Gasteiger partial charge on any atom is -0.399 e. The summed E-state index contributed by atoms with van der Waals surface area (Å²) in [5.74, 6) is -0.576. The topological polar surface area (TPSA) is 55.1 Å². The van der Waals surface area contributed by atoms with E-state index >= 15 is 0 Å². The fourth-order valence-electron chi connectivity index (χ4n) is 1.55. The van der Waals surface area contributed by atoms with Crippen molar-refractivity contribution >= 4 is 11.6 Å². The van der Waals surface area contributed by atoms with E-state index in [0.717, 1.165) is 0 Å². The number of anilines is 1. The molecule has 0 aliphatic heterocycles. The number of hydrogen-bond acceptors (Lipinski definition) is 2. The number of carbonyl (C=O) groups is 1. The molecule has 0 aliphatic carbocycles. The SMILES string of the molecule is Nc1ccc(C(=O)NCc2ccccc2F)cc1. The highest BCUT2D eigenvalue weighted by molar-refractivity contribution is 5.94. The Bertz CT molecular complexity index is 552. The van der Waals surface area contributed by atoms with Crippen LogP contribution in [0.2, 0.25) is 0 Å². The maximum atomic E-state index is 13.3. The van der Waals surface area contributed by atoms with E-state index in [0.29, 0.717) is 16.8 Å². The third-order valence-electron chi connectivity index (χ3n) is 2.57. The van der Waals surface area contributed by atoms with Gasteiger partial charge in [0.2, 0.25) is 0 Å². The number of hydrogen-bond donors (Lipinski definition) is 2. The van der Waals surface area contributed by atoms with Crippen molar-refractivity contribution in [2.45, 2.75) is 6.54 Å². The highest BCUT2D eigenvalue weighted by atomic mass is 19.1. The highest BCUT2D eigenvalue weighted by Gasteiger charge is 2.06. The Morgan fingerprint density at radius 3 is 2.44 bits per heavy atom. The fraction of sp³-hybridized carbons (Fsp3) is 0.0714. The van der Waals surface area contributed by atoms with Gasteiger partial charge in [-0.25, -0.2) is 4.39 Å². The molecule has 18 heavy (non-hydrogen) atoms. The van der Waals surface area contributed by atoms with Crippen LogP contribution in [0.4, 0.5) is 10.1 Å². The fourth-order valence-corrected chi connectivity index (χ4v) is 1.55. The number of carbonyl (C=O) groups excluding carboxylic acids is 1. The molecule has 0 bridgehead atoms. The van der Waals surface area contributed by atoms with E-state index in [-0.39, 0.29) is 18.3 Å². The third-order valence-corrected chi connectivity index (χ3v) is 2.57. The molecule has 3 nitrogen and oxygen atoms in total. The lowest BCUT2D eigenvalue weighted by Crippen LogP contribution is -2.23. The lowest BCUT2D eigenvalue weighted by Gasteiger charge is -2.06. The van der Waals surface area contributed by atoms with Gasteiger partial charge >= 0.3 is 0 Å². The van der Waals surface area contributed by atoms with E-state index < -0.39 is 0 Å². The van der Waals surface area contributed by atoms with Crippen LogP contribution in [0.3, 0.4) is 0 Å². The normalized spacial score (nSPS) is 10.1. The first-order valence-electron chi connectivity index (χ1n) is 5.54. The molecule has 92 valence electrons. The van der Waals surface area contributed by atoms with E-state index in [9.17, 15) is 9.18 Å². The molecule has 0 radical (unpaired) electrons. The van der Waals surface area contributed by atoms with Crippen molar-refractivity contribution in [2.24, 2.45) is 0 Å². The first-order valence-corrected chi connectivity index (χ1v) is 5.54. The number of halogens is 1. The van der Waals surface area contributed by atoms with Crippen molar-refractivity contribution < 1.29 is 9.18 Å². The highest BCUT2D eigenvalue weighted by Crippen LogP contribution is 2.08. The van der Waals surface area contributed by atoms with Gasteiger partial charge in [-0.15, -0.1) is 0 Å². The Balaban J connectivity index is 2.01. The predicted octanol–water partition coefficient (Wildman–Crippen LogP) is 2.34. The Labute approximate surface area is 104 Å². The van der Waals surface area contributed by atoms with Crippen molar-refractivity contribution in [1.29, 1.82) is 0 Å². The molecule has 0 heterocycles. The number of amides is 1. The summed E-state index contributed by atoms with van der Waals surface area (Å²) in [6.07, 6.45) is 0. The first kappa shape index (κ1) is 12.1. The lowest BCUT2D eigenvalue weighted by atomic mass is 10.1. The molecule has 0 fully saturated rings. The van der Waals surface area contributed by atoms with Crippen molar-refractivity contribution in [3.63, 3.8) is 0 Å². The van der Waals surface area contributed by atoms with E-state index in [2.05, 4.69) is 5.32 Å². The largest absolute Gasteiger partial charge is 0.399 e. The second kappa shape index (κ2) is 5.31. The average molecular weight is 244 g/mol. The Hall–Kier alpha value is -2.36. The Morgan fingerprint density at radius 1 is 1.11 bits per heavy atom. The van der Waals surface area contributed by atoms with Crippen LogP contribution in [0, 0.1) is 5.82 Å². The van der Waals surface area contributed by atoms with E-state index in [4.69, 9.17) is 5.73 Å². The van der Waals surface area contributed by atoms with Gasteiger partial charge in [0.1, 0.15) is 5.82 Å². The molecule has 0 aromatic heterocycles. The number of benzene rings is 2. The number of nitrogens with one attached hydrogen (secondary N) is 1.